The highest BCUT2D eigenvalue weighted by Crippen LogP contribution is 2.27. The quantitative estimate of drug-likeness (QED) is 0.636. The highest BCUT2D eigenvalue weighted by molar-refractivity contribution is 5.83. The molecule has 0 bridgehead atoms. The summed E-state index contributed by atoms with van der Waals surface area (Å²) in [6, 6.07) is 11.8. The topological polar surface area (TPSA) is 73.2 Å². The summed E-state index contributed by atoms with van der Waals surface area (Å²) in [6.45, 7) is 5.34. The van der Waals surface area contributed by atoms with E-state index in [9.17, 15) is 22.8 Å². The number of ether oxygens (including phenoxy) is 1. The monoisotopic (exact) mass is 433 g/mol. The average Bonchev–Trinajstić information content (AvgIpc) is 2.71. The first kappa shape index (κ1) is 22.3. The Morgan fingerprint density at radius 2 is 1.74 bits per heavy atom. The van der Waals surface area contributed by atoms with Gasteiger partial charge in [-0.05, 0) is 50.6 Å². The number of halogens is 3. The summed E-state index contributed by atoms with van der Waals surface area (Å²) in [7, 11) is 0. The van der Waals surface area contributed by atoms with Gasteiger partial charge < -0.3 is 10.1 Å². The van der Waals surface area contributed by atoms with Crippen molar-refractivity contribution in [2.24, 2.45) is 0 Å². The van der Waals surface area contributed by atoms with Crippen LogP contribution in [-0.4, -0.2) is 21.6 Å². The van der Waals surface area contributed by atoms with Crippen LogP contribution in [0, 0.1) is 0 Å². The number of hydrogen-bond donors (Lipinski definition) is 1. The minimum Gasteiger partial charge on any atom is -0.491 e. The molecule has 2 aromatic carbocycles. The van der Waals surface area contributed by atoms with E-state index in [0.29, 0.717) is 5.75 Å². The number of amides is 1. The molecule has 0 saturated heterocycles. The van der Waals surface area contributed by atoms with Crippen LogP contribution in [0.2, 0.25) is 0 Å². The number of hydrogen-bond acceptors (Lipinski definition) is 4. The number of rotatable bonds is 6. The van der Waals surface area contributed by atoms with E-state index in [-0.39, 0.29) is 23.7 Å². The summed E-state index contributed by atoms with van der Waals surface area (Å²) in [5.41, 5.74) is -2.00. The largest absolute Gasteiger partial charge is 0.491 e. The first-order chi connectivity index (χ1) is 14.6. The zero-order valence-electron chi connectivity index (χ0n) is 17.2. The lowest BCUT2D eigenvalue weighted by Gasteiger charge is -2.19. The fourth-order valence-corrected chi connectivity index (χ4v) is 3.14. The Balaban J connectivity index is 1.85. The maximum Gasteiger partial charge on any atom is 0.438 e. The molecule has 0 aliphatic heterocycles. The summed E-state index contributed by atoms with van der Waals surface area (Å²) in [5, 5.41) is 2.67. The Kier molecular flexibility index (Phi) is 6.33. The van der Waals surface area contributed by atoms with Crippen molar-refractivity contribution < 1.29 is 22.7 Å². The number of nitrogens with one attached hydrogen (secondary N) is 1. The lowest BCUT2D eigenvalue weighted by molar-refractivity contribution is -0.142. The molecule has 0 saturated carbocycles. The lowest BCUT2D eigenvalue weighted by Crippen LogP contribution is -2.38. The molecule has 1 amide bonds. The average molecular weight is 433 g/mol. The van der Waals surface area contributed by atoms with Crippen LogP contribution < -0.4 is 15.6 Å². The summed E-state index contributed by atoms with van der Waals surface area (Å²) in [6.07, 6.45) is -4.90. The van der Waals surface area contributed by atoms with Crippen molar-refractivity contribution in [3.05, 3.63) is 70.1 Å². The molecular formula is C22H22F3N3O3. The highest BCUT2D eigenvalue weighted by Gasteiger charge is 2.38. The van der Waals surface area contributed by atoms with Gasteiger partial charge in [0.2, 0.25) is 11.6 Å². The molecule has 0 radical (unpaired) electrons. The number of alkyl halides is 3. The third-order valence-corrected chi connectivity index (χ3v) is 4.59. The number of carbonyl (C=O) groups excluding carboxylic acids is 1. The van der Waals surface area contributed by atoms with E-state index < -0.39 is 29.4 Å². The van der Waals surface area contributed by atoms with Crippen LogP contribution in [0.5, 0.6) is 5.75 Å². The van der Waals surface area contributed by atoms with E-state index in [4.69, 9.17) is 4.74 Å². The second-order valence-corrected chi connectivity index (χ2v) is 7.33. The minimum atomic E-state index is -4.93. The van der Waals surface area contributed by atoms with Gasteiger partial charge in [-0.3, -0.25) is 14.2 Å². The second kappa shape index (κ2) is 8.79. The first-order valence-electron chi connectivity index (χ1n) is 9.69. The summed E-state index contributed by atoms with van der Waals surface area (Å²) < 4.78 is 46.3. The minimum absolute atomic E-state index is 0.0187. The van der Waals surface area contributed by atoms with E-state index in [0.717, 1.165) is 10.1 Å². The van der Waals surface area contributed by atoms with E-state index in [1.807, 2.05) is 13.8 Å². The molecule has 1 N–H and O–H groups in total. The van der Waals surface area contributed by atoms with Crippen molar-refractivity contribution in [2.45, 2.75) is 45.6 Å². The number of para-hydroxylation sites is 2. The van der Waals surface area contributed by atoms with Crippen LogP contribution in [0.4, 0.5) is 13.2 Å². The molecule has 6 nitrogen and oxygen atoms in total. The van der Waals surface area contributed by atoms with E-state index in [2.05, 4.69) is 10.3 Å². The standard InChI is InChI=1S/C22H22F3N3O3/c1-13(2)31-16-10-8-15(9-11-16)12-26-20(29)14(3)28-18-7-5-4-6-17(18)27-19(21(28)30)22(23,24)25/h4-11,13-14H,12H2,1-3H3,(H,26,29). The molecule has 1 atom stereocenters. The number of carbonyl (C=O) groups is 1. The van der Waals surface area contributed by atoms with Crippen LogP contribution in [0.3, 0.4) is 0 Å². The number of aromatic nitrogens is 2. The summed E-state index contributed by atoms with van der Waals surface area (Å²) in [5.74, 6) is 0.0991. The molecule has 1 heterocycles. The molecule has 0 aliphatic rings. The maximum atomic E-state index is 13.3. The maximum absolute atomic E-state index is 13.3. The molecule has 3 rings (SSSR count). The Morgan fingerprint density at radius 1 is 1.10 bits per heavy atom. The fourth-order valence-electron chi connectivity index (χ4n) is 3.14. The van der Waals surface area contributed by atoms with Crippen LogP contribution >= 0.6 is 0 Å². The zero-order valence-corrected chi connectivity index (χ0v) is 17.2. The number of benzene rings is 2. The predicted molar refractivity (Wildman–Crippen MR) is 110 cm³/mol. The fraction of sp³-hybridized carbons (Fsp3) is 0.318. The van der Waals surface area contributed by atoms with Gasteiger partial charge >= 0.3 is 6.18 Å². The first-order valence-corrected chi connectivity index (χ1v) is 9.69. The Hall–Kier alpha value is -3.36. The van der Waals surface area contributed by atoms with Crippen molar-refractivity contribution in [1.29, 1.82) is 0 Å². The van der Waals surface area contributed by atoms with Crippen LogP contribution in [0.1, 0.15) is 38.1 Å². The Morgan fingerprint density at radius 3 is 2.35 bits per heavy atom. The SMILES string of the molecule is CC(C)Oc1ccc(CNC(=O)C(C)n2c(=O)c(C(F)(F)F)nc3ccccc32)cc1. The van der Waals surface area contributed by atoms with E-state index >= 15 is 0 Å². The van der Waals surface area contributed by atoms with Gasteiger partial charge in [-0.25, -0.2) is 4.98 Å². The van der Waals surface area contributed by atoms with Gasteiger partial charge in [-0.2, -0.15) is 13.2 Å². The molecule has 0 aliphatic carbocycles. The van der Waals surface area contributed by atoms with E-state index in [1.165, 1.54) is 25.1 Å². The van der Waals surface area contributed by atoms with Gasteiger partial charge in [0, 0.05) is 6.54 Å². The predicted octanol–water partition coefficient (Wildman–Crippen LogP) is 4.08. The van der Waals surface area contributed by atoms with Gasteiger partial charge in [-0.15, -0.1) is 0 Å². The number of fused-ring (bicyclic) bond motifs is 1. The lowest BCUT2D eigenvalue weighted by atomic mass is 10.2. The normalized spacial score (nSPS) is 12.7. The van der Waals surface area contributed by atoms with Crippen molar-refractivity contribution >= 4 is 16.9 Å². The third-order valence-electron chi connectivity index (χ3n) is 4.59. The van der Waals surface area contributed by atoms with Crippen molar-refractivity contribution in [1.82, 2.24) is 14.9 Å². The van der Waals surface area contributed by atoms with Crippen LogP contribution in [0.15, 0.2) is 53.3 Å². The number of nitrogens with zero attached hydrogens (tertiary/aromatic N) is 2. The van der Waals surface area contributed by atoms with E-state index in [1.54, 1.807) is 30.3 Å². The van der Waals surface area contributed by atoms with Crippen molar-refractivity contribution in [3.63, 3.8) is 0 Å². The van der Waals surface area contributed by atoms with Gasteiger partial charge in [-0.1, -0.05) is 24.3 Å². The Labute approximate surface area is 176 Å². The van der Waals surface area contributed by atoms with Gasteiger partial charge in [0.15, 0.2) is 0 Å². The molecule has 3 aromatic rings. The smallest absolute Gasteiger partial charge is 0.438 e. The molecule has 0 spiro atoms. The third kappa shape index (κ3) is 5.04. The molecule has 164 valence electrons. The van der Waals surface area contributed by atoms with Crippen LogP contribution in [0.25, 0.3) is 11.0 Å². The second-order valence-electron chi connectivity index (χ2n) is 7.33. The molecule has 1 aromatic heterocycles. The Bertz CT molecular complexity index is 1140. The van der Waals surface area contributed by atoms with Gasteiger partial charge in [0.1, 0.15) is 11.8 Å². The van der Waals surface area contributed by atoms with Crippen molar-refractivity contribution in [3.8, 4) is 5.75 Å². The molecule has 9 heteroatoms. The van der Waals surface area contributed by atoms with Gasteiger partial charge in [0.05, 0.1) is 17.1 Å². The summed E-state index contributed by atoms with van der Waals surface area (Å²) in [4.78, 5) is 28.7. The van der Waals surface area contributed by atoms with Gasteiger partial charge in [0.25, 0.3) is 5.56 Å². The molecular weight excluding hydrogens is 411 g/mol. The zero-order chi connectivity index (χ0) is 22.8. The van der Waals surface area contributed by atoms with Crippen molar-refractivity contribution in [2.75, 3.05) is 0 Å². The molecule has 0 fully saturated rings. The summed E-state index contributed by atoms with van der Waals surface area (Å²) >= 11 is 0. The molecule has 1 unspecified atom stereocenters. The molecule has 31 heavy (non-hydrogen) atoms. The highest BCUT2D eigenvalue weighted by atomic mass is 19.4. The van der Waals surface area contributed by atoms with Crippen LogP contribution in [-0.2, 0) is 17.5 Å².